The van der Waals surface area contributed by atoms with Crippen molar-refractivity contribution in [3.63, 3.8) is 0 Å². The number of carbonyl (C=O) groups is 1. The molecule has 8 nitrogen and oxygen atoms in total. The minimum Gasteiger partial charge on any atom is -0.352 e. The fourth-order valence-electron chi connectivity index (χ4n) is 3.22. The highest BCUT2D eigenvalue weighted by atomic mass is 32.2. The van der Waals surface area contributed by atoms with Crippen LogP contribution < -0.4 is 5.32 Å². The standard InChI is InChI=1S/C17H25N5O3S2/c1-12-6-4-5-7-14(12)18-16(23)11-26-17-20-19-15-9-8-13(10-22(15)17)27(24,25)21(2)3/h8-10,12,14H,4-7,11H2,1-3H3,(H,18,23)/t12-,14+/m1/s1. The molecule has 0 aromatic carbocycles. The van der Waals surface area contributed by atoms with Gasteiger partial charge in [0.15, 0.2) is 10.8 Å². The zero-order valence-electron chi connectivity index (χ0n) is 15.8. The summed E-state index contributed by atoms with van der Waals surface area (Å²) < 4.78 is 27.4. The van der Waals surface area contributed by atoms with Crippen LogP contribution in [0, 0.1) is 5.92 Å². The number of sulfonamides is 1. The van der Waals surface area contributed by atoms with Crippen LogP contribution in [-0.2, 0) is 14.8 Å². The summed E-state index contributed by atoms with van der Waals surface area (Å²) in [4.78, 5) is 12.5. The molecule has 0 bridgehead atoms. The number of nitrogens with one attached hydrogen (secondary N) is 1. The molecule has 0 spiro atoms. The van der Waals surface area contributed by atoms with E-state index in [0.29, 0.717) is 16.7 Å². The third-order valence-corrected chi connectivity index (χ3v) is 7.65. The summed E-state index contributed by atoms with van der Waals surface area (Å²) in [5.41, 5.74) is 0.538. The predicted molar refractivity (Wildman–Crippen MR) is 104 cm³/mol. The number of nitrogens with zero attached hydrogens (tertiary/aromatic N) is 4. The Kier molecular flexibility index (Phi) is 6.07. The molecule has 1 N–H and O–H groups in total. The molecule has 27 heavy (non-hydrogen) atoms. The van der Waals surface area contributed by atoms with Crippen LogP contribution in [0.2, 0.25) is 0 Å². The average molecular weight is 412 g/mol. The van der Waals surface area contributed by atoms with Gasteiger partial charge in [-0.3, -0.25) is 9.20 Å². The molecule has 0 unspecified atom stereocenters. The number of hydrogen-bond acceptors (Lipinski definition) is 6. The Labute approximate surface area is 163 Å². The Balaban J connectivity index is 1.70. The molecular weight excluding hydrogens is 386 g/mol. The molecule has 10 heteroatoms. The van der Waals surface area contributed by atoms with Crippen LogP contribution in [0.4, 0.5) is 0 Å². The van der Waals surface area contributed by atoms with Crippen molar-refractivity contribution in [3.8, 4) is 0 Å². The normalized spacial score (nSPS) is 20.9. The number of aromatic nitrogens is 3. The van der Waals surface area contributed by atoms with Gasteiger partial charge in [0.25, 0.3) is 0 Å². The van der Waals surface area contributed by atoms with Crippen molar-refractivity contribution in [2.24, 2.45) is 5.92 Å². The van der Waals surface area contributed by atoms with E-state index in [1.165, 1.54) is 44.5 Å². The van der Waals surface area contributed by atoms with E-state index in [2.05, 4.69) is 22.4 Å². The summed E-state index contributed by atoms with van der Waals surface area (Å²) in [6.07, 6.45) is 6.05. The molecule has 3 rings (SSSR count). The second kappa shape index (κ2) is 8.15. The maximum Gasteiger partial charge on any atom is 0.244 e. The first kappa shape index (κ1) is 20.1. The van der Waals surface area contributed by atoms with E-state index < -0.39 is 10.0 Å². The maximum atomic E-state index is 12.3. The SMILES string of the molecule is C[C@@H]1CCCC[C@@H]1NC(=O)CSc1nnc2ccc(S(=O)(=O)N(C)C)cn12. The van der Waals surface area contributed by atoms with Crippen LogP contribution in [0.25, 0.3) is 5.65 Å². The summed E-state index contributed by atoms with van der Waals surface area (Å²) in [6, 6.07) is 3.35. The highest BCUT2D eigenvalue weighted by Gasteiger charge is 2.23. The first-order chi connectivity index (χ1) is 12.8. The minimum atomic E-state index is -3.55. The smallest absolute Gasteiger partial charge is 0.244 e. The highest BCUT2D eigenvalue weighted by Crippen LogP contribution is 2.24. The largest absolute Gasteiger partial charge is 0.352 e. The Bertz CT molecular complexity index is 926. The third kappa shape index (κ3) is 4.44. The number of hydrogen-bond donors (Lipinski definition) is 1. The Hall–Kier alpha value is -1.65. The molecule has 1 amide bonds. The predicted octanol–water partition coefficient (Wildman–Crippen LogP) is 1.77. The first-order valence-electron chi connectivity index (χ1n) is 8.98. The molecule has 1 aliphatic rings. The lowest BCUT2D eigenvalue weighted by Crippen LogP contribution is -2.41. The van der Waals surface area contributed by atoms with Crippen molar-refractivity contribution in [2.45, 2.75) is 48.7 Å². The molecule has 1 aliphatic carbocycles. The Morgan fingerprint density at radius 2 is 2.04 bits per heavy atom. The number of fused-ring (bicyclic) bond motifs is 1. The lowest BCUT2D eigenvalue weighted by molar-refractivity contribution is -0.119. The number of pyridine rings is 1. The Morgan fingerprint density at radius 1 is 1.30 bits per heavy atom. The molecular formula is C17H25N5O3S2. The van der Waals surface area contributed by atoms with Gasteiger partial charge in [0.2, 0.25) is 15.9 Å². The summed E-state index contributed by atoms with van der Waals surface area (Å²) in [7, 11) is -0.583. The van der Waals surface area contributed by atoms with Gasteiger partial charge < -0.3 is 5.32 Å². The van der Waals surface area contributed by atoms with Crippen molar-refractivity contribution < 1.29 is 13.2 Å². The van der Waals surface area contributed by atoms with Gasteiger partial charge in [0, 0.05) is 26.3 Å². The van der Waals surface area contributed by atoms with Crippen LogP contribution in [-0.4, -0.2) is 59.1 Å². The maximum absolute atomic E-state index is 12.3. The summed E-state index contributed by atoms with van der Waals surface area (Å²) in [5, 5.41) is 11.7. The molecule has 1 saturated carbocycles. The zero-order valence-corrected chi connectivity index (χ0v) is 17.4. The van der Waals surface area contributed by atoms with Gasteiger partial charge in [-0.1, -0.05) is 31.5 Å². The molecule has 0 radical (unpaired) electrons. The number of carbonyl (C=O) groups excluding carboxylic acids is 1. The van der Waals surface area contributed by atoms with E-state index in [-0.39, 0.29) is 22.6 Å². The number of rotatable bonds is 6. The zero-order chi connectivity index (χ0) is 19.6. The lowest BCUT2D eigenvalue weighted by atomic mass is 9.86. The van der Waals surface area contributed by atoms with Crippen LogP contribution in [0.5, 0.6) is 0 Å². The van der Waals surface area contributed by atoms with E-state index in [1.54, 1.807) is 10.5 Å². The minimum absolute atomic E-state index is 0.0347. The molecule has 2 aromatic heterocycles. The van der Waals surface area contributed by atoms with Gasteiger partial charge in [-0.15, -0.1) is 10.2 Å². The van der Waals surface area contributed by atoms with Gasteiger partial charge in [0.05, 0.1) is 10.6 Å². The van der Waals surface area contributed by atoms with E-state index >= 15 is 0 Å². The van der Waals surface area contributed by atoms with Gasteiger partial charge >= 0.3 is 0 Å². The second-order valence-corrected chi connectivity index (χ2v) is 10.2. The van der Waals surface area contributed by atoms with Crippen molar-refractivity contribution >= 4 is 33.3 Å². The van der Waals surface area contributed by atoms with Crippen molar-refractivity contribution in [2.75, 3.05) is 19.8 Å². The third-order valence-electron chi connectivity index (χ3n) is 4.91. The quantitative estimate of drug-likeness (QED) is 0.728. The van der Waals surface area contributed by atoms with Gasteiger partial charge in [0.1, 0.15) is 0 Å². The molecule has 148 valence electrons. The van der Waals surface area contributed by atoms with E-state index in [4.69, 9.17) is 0 Å². The van der Waals surface area contributed by atoms with Crippen molar-refractivity contribution in [1.29, 1.82) is 0 Å². The summed E-state index contributed by atoms with van der Waals surface area (Å²) in [6.45, 7) is 2.18. The van der Waals surface area contributed by atoms with Gasteiger partial charge in [-0.2, -0.15) is 0 Å². The highest BCUT2D eigenvalue weighted by molar-refractivity contribution is 7.99. The monoisotopic (exact) mass is 411 g/mol. The van der Waals surface area contributed by atoms with Crippen LogP contribution >= 0.6 is 11.8 Å². The van der Waals surface area contributed by atoms with Crippen LogP contribution in [0.3, 0.4) is 0 Å². The topological polar surface area (TPSA) is 96.7 Å². The fourth-order valence-corrected chi connectivity index (χ4v) is 4.85. The van der Waals surface area contributed by atoms with Crippen LogP contribution in [0.1, 0.15) is 32.6 Å². The number of thioether (sulfide) groups is 1. The van der Waals surface area contributed by atoms with E-state index in [0.717, 1.165) is 23.6 Å². The molecule has 0 aliphatic heterocycles. The van der Waals surface area contributed by atoms with E-state index in [9.17, 15) is 13.2 Å². The molecule has 2 aromatic rings. The lowest BCUT2D eigenvalue weighted by Gasteiger charge is -2.29. The first-order valence-corrected chi connectivity index (χ1v) is 11.4. The average Bonchev–Trinajstić information content (AvgIpc) is 3.04. The van der Waals surface area contributed by atoms with Crippen molar-refractivity contribution in [1.82, 2.24) is 24.2 Å². The summed E-state index contributed by atoms with van der Waals surface area (Å²) >= 11 is 1.25. The van der Waals surface area contributed by atoms with Crippen molar-refractivity contribution in [3.05, 3.63) is 18.3 Å². The van der Waals surface area contributed by atoms with Crippen LogP contribution in [0.15, 0.2) is 28.4 Å². The van der Waals surface area contributed by atoms with E-state index in [1.807, 2.05) is 0 Å². The second-order valence-electron chi connectivity index (χ2n) is 7.09. The molecule has 2 heterocycles. The molecule has 2 atom stereocenters. The van der Waals surface area contributed by atoms with Gasteiger partial charge in [-0.25, -0.2) is 12.7 Å². The molecule has 1 fully saturated rings. The molecule has 0 saturated heterocycles. The Morgan fingerprint density at radius 3 is 2.74 bits per heavy atom. The van der Waals surface area contributed by atoms with Gasteiger partial charge in [-0.05, 0) is 30.9 Å². The summed E-state index contributed by atoms with van der Waals surface area (Å²) in [5.74, 6) is 0.683. The number of amides is 1. The fraction of sp³-hybridized carbons (Fsp3) is 0.588.